The van der Waals surface area contributed by atoms with Gasteiger partial charge in [-0.25, -0.2) is 11.1 Å². The van der Waals surface area contributed by atoms with Crippen molar-refractivity contribution in [2.45, 2.75) is 66.2 Å². The third-order valence-electron chi connectivity index (χ3n) is 3.57. The Balaban J connectivity index is -0.000000270. The molecule has 2 aliphatic carbocycles. The zero-order valence-corrected chi connectivity index (χ0v) is 16.9. The maximum absolute atomic E-state index is 3.33. The van der Waals surface area contributed by atoms with Crippen LogP contribution in [0.15, 0.2) is 34.4 Å². The Kier molecular flexibility index (Phi) is 18.9. The van der Waals surface area contributed by atoms with Crippen LogP contribution in [-0.4, -0.2) is 0 Å². The van der Waals surface area contributed by atoms with Crippen molar-refractivity contribution < 1.29 is 21.7 Å². The van der Waals surface area contributed by atoms with Gasteiger partial charge in [0.1, 0.15) is 0 Å². The van der Waals surface area contributed by atoms with Crippen molar-refractivity contribution in [3.8, 4) is 0 Å². The summed E-state index contributed by atoms with van der Waals surface area (Å²) >= 11 is 0. The van der Waals surface area contributed by atoms with Crippen LogP contribution in [0.25, 0.3) is 0 Å². The second-order valence-corrected chi connectivity index (χ2v) is 4.59. The van der Waals surface area contributed by atoms with Gasteiger partial charge >= 0.3 is 21.7 Å². The van der Waals surface area contributed by atoms with Crippen LogP contribution in [0.2, 0.25) is 0 Å². The van der Waals surface area contributed by atoms with E-state index in [0.29, 0.717) is 0 Å². The molecule has 2 rings (SSSR count). The second-order valence-electron chi connectivity index (χ2n) is 4.59. The topological polar surface area (TPSA) is 0 Å². The van der Waals surface area contributed by atoms with Crippen molar-refractivity contribution >= 4 is 24.8 Å². The molecule has 0 saturated heterocycles. The summed E-state index contributed by atoms with van der Waals surface area (Å²) in [5, 5.41) is 0. The Hall–Kier alpha value is 0.254. The van der Waals surface area contributed by atoms with Crippen molar-refractivity contribution in [2.24, 2.45) is 0 Å². The maximum atomic E-state index is 3.33. The van der Waals surface area contributed by atoms with Crippen LogP contribution in [0.4, 0.5) is 0 Å². The average molecular weight is 363 g/mol. The Bertz CT molecular complexity index is 316. The quantitative estimate of drug-likeness (QED) is 0.391. The molecule has 0 N–H and O–H groups in total. The van der Waals surface area contributed by atoms with Crippen LogP contribution >= 0.6 is 24.8 Å². The summed E-state index contributed by atoms with van der Waals surface area (Å²) in [7, 11) is 0. The normalized spacial score (nSPS) is 15.0. The minimum atomic E-state index is 0. The van der Waals surface area contributed by atoms with Gasteiger partial charge in [0, 0.05) is 0 Å². The molecule has 0 radical (unpaired) electrons. The molecule has 0 aromatic heterocycles. The molecule has 0 aromatic rings. The zero-order valence-electron chi connectivity index (χ0n) is 13.7. The van der Waals surface area contributed by atoms with E-state index < -0.39 is 0 Å². The number of hydrogen-bond donors (Lipinski definition) is 0. The molecule has 2 aliphatic rings. The van der Waals surface area contributed by atoms with E-state index in [9.17, 15) is 0 Å². The van der Waals surface area contributed by atoms with Gasteiger partial charge in [-0.3, -0.25) is 12.2 Å². The Morgan fingerprint density at radius 3 is 1.24 bits per heavy atom. The Labute approximate surface area is 158 Å². The van der Waals surface area contributed by atoms with Gasteiger partial charge in [-0.2, -0.15) is 23.3 Å². The average Bonchev–Trinajstić information content (AvgIpc) is 3.06. The molecule has 0 amide bonds. The van der Waals surface area contributed by atoms with Crippen molar-refractivity contribution in [2.75, 3.05) is 0 Å². The minimum absolute atomic E-state index is 0. The number of halogens is 2. The minimum Gasteiger partial charge on any atom is -0.269 e. The molecular weight excluding hydrogens is 335 g/mol. The van der Waals surface area contributed by atoms with Gasteiger partial charge in [-0.1, -0.05) is 53.4 Å². The molecule has 0 heterocycles. The molecule has 0 saturated carbocycles. The standard InChI is InChI=1S/2C9H13.2ClH.Ti/c2*1-3-8-6-5-7-9(8)4-2;;;/h2*6H,3-5H2,1-2H3;2*1H;/q2*-1;;;+2. The SMILES string of the molecule is CCC1=[C-]CC=C1CC.CCC1=[C-]CC=C1CC.Cl.Cl.[Ti+2]. The van der Waals surface area contributed by atoms with Crippen molar-refractivity contribution in [1.29, 1.82) is 0 Å². The van der Waals surface area contributed by atoms with Crippen LogP contribution in [-0.2, 0) is 21.7 Å². The molecule has 0 unspecified atom stereocenters. The van der Waals surface area contributed by atoms with Gasteiger partial charge < -0.3 is 0 Å². The smallest absolute Gasteiger partial charge is 0.269 e. The van der Waals surface area contributed by atoms with Crippen molar-refractivity contribution in [3.63, 3.8) is 0 Å². The zero-order chi connectivity index (χ0) is 13.4. The number of hydrogen-bond acceptors (Lipinski definition) is 0. The molecule has 3 heteroatoms. The van der Waals surface area contributed by atoms with Crippen LogP contribution < -0.4 is 0 Å². The van der Waals surface area contributed by atoms with Gasteiger partial charge in [-0.15, -0.1) is 37.7 Å². The Morgan fingerprint density at radius 2 is 1.05 bits per heavy atom. The largest absolute Gasteiger partial charge is 2.00 e. The summed E-state index contributed by atoms with van der Waals surface area (Å²) in [6, 6.07) is 0. The van der Waals surface area contributed by atoms with E-state index >= 15 is 0 Å². The summed E-state index contributed by atoms with van der Waals surface area (Å²) in [6.07, 6.45) is 18.0. The van der Waals surface area contributed by atoms with E-state index in [2.05, 4.69) is 52.0 Å². The fourth-order valence-electron chi connectivity index (χ4n) is 2.49. The summed E-state index contributed by atoms with van der Waals surface area (Å²) < 4.78 is 0. The molecule has 0 atom stereocenters. The monoisotopic (exact) mass is 362 g/mol. The predicted octanol–water partition coefficient (Wildman–Crippen LogP) is 6.57. The molecule has 0 fully saturated rings. The number of allylic oxidation sites excluding steroid dienone is 8. The van der Waals surface area contributed by atoms with Crippen molar-refractivity contribution in [3.05, 3.63) is 46.6 Å². The van der Waals surface area contributed by atoms with Gasteiger partial charge in [0.25, 0.3) is 0 Å². The third kappa shape index (κ3) is 8.45. The first-order valence-corrected chi connectivity index (χ1v) is 7.34. The van der Waals surface area contributed by atoms with E-state index in [1.165, 1.54) is 35.1 Å². The van der Waals surface area contributed by atoms with Crippen LogP contribution in [0.3, 0.4) is 0 Å². The predicted molar refractivity (Wildman–Crippen MR) is 94.6 cm³/mol. The third-order valence-corrected chi connectivity index (χ3v) is 3.57. The van der Waals surface area contributed by atoms with E-state index in [-0.39, 0.29) is 46.5 Å². The fourth-order valence-corrected chi connectivity index (χ4v) is 2.49. The van der Waals surface area contributed by atoms with Gasteiger partial charge in [0.05, 0.1) is 0 Å². The first kappa shape index (κ1) is 26.2. The van der Waals surface area contributed by atoms with E-state index in [0.717, 1.165) is 25.7 Å². The molecule has 0 nitrogen and oxygen atoms in total. The Morgan fingerprint density at radius 1 is 0.714 bits per heavy atom. The van der Waals surface area contributed by atoms with Gasteiger partial charge in [0.15, 0.2) is 0 Å². The van der Waals surface area contributed by atoms with Crippen molar-refractivity contribution in [1.82, 2.24) is 0 Å². The number of rotatable bonds is 4. The summed E-state index contributed by atoms with van der Waals surface area (Å²) in [5.74, 6) is 0. The molecule has 0 spiro atoms. The molecule has 0 aliphatic heterocycles. The van der Waals surface area contributed by atoms with Crippen LogP contribution in [0, 0.1) is 12.2 Å². The first-order chi connectivity index (χ1) is 8.76. The van der Waals surface area contributed by atoms with E-state index in [4.69, 9.17) is 0 Å². The van der Waals surface area contributed by atoms with Gasteiger partial charge in [-0.05, 0) is 0 Å². The van der Waals surface area contributed by atoms with E-state index in [1.54, 1.807) is 0 Å². The maximum Gasteiger partial charge on any atom is 2.00 e. The molecule has 0 bridgehead atoms. The molecule has 0 aromatic carbocycles. The first-order valence-electron chi connectivity index (χ1n) is 7.34. The summed E-state index contributed by atoms with van der Waals surface area (Å²) in [6.45, 7) is 8.79. The molecular formula is C18H28Cl2Ti. The summed E-state index contributed by atoms with van der Waals surface area (Å²) in [4.78, 5) is 0. The van der Waals surface area contributed by atoms with Gasteiger partial charge in [0.2, 0.25) is 0 Å². The molecule has 21 heavy (non-hydrogen) atoms. The second kappa shape index (κ2) is 15.2. The van der Waals surface area contributed by atoms with Crippen LogP contribution in [0.5, 0.6) is 0 Å². The fraction of sp³-hybridized carbons (Fsp3) is 0.556. The molecule has 118 valence electrons. The summed E-state index contributed by atoms with van der Waals surface area (Å²) in [5.41, 5.74) is 5.91. The van der Waals surface area contributed by atoms with E-state index in [1.807, 2.05) is 0 Å². The van der Waals surface area contributed by atoms with Crippen LogP contribution in [0.1, 0.15) is 66.2 Å².